The number of rotatable bonds is 5. The normalized spacial score (nSPS) is 15.0. The summed E-state index contributed by atoms with van der Waals surface area (Å²) in [4.78, 5) is 38.9. The number of anilines is 1. The van der Waals surface area contributed by atoms with E-state index in [1.54, 1.807) is 42.5 Å². The van der Waals surface area contributed by atoms with Gasteiger partial charge in [-0.1, -0.05) is 70.7 Å². The maximum Gasteiger partial charge on any atom is 0.335 e. The second kappa shape index (κ2) is 10.1. The smallest absolute Gasteiger partial charge is 0.335 e. The van der Waals surface area contributed by atoms with E-state index < -0.39 is 17.8 Å². The number of para-hydroxylation sites is 1. The average Bonchev–Trinajstić information content (AvgIpc) is 2.80. The van der Waals surface area contributed by atoms with Gasteiger partial charge in [0.15, 0.2) is 0 Å². The molecule has 34 heavy (non-hydrogen) atoms. The molecule has 0 aliphatic carbocycles. The summed E-state index contributed by atoms with van der Waals surface area (Å²) in [6, 6.07) is 15.3. The van der Waals surface area contributed by atoms with Gasteiger partial charge in [-0.3, -0.25) is 14.9 Å². The minimum Gasteiger partial charge on any atom is -0.488 e. The van der Waals surface area contributed by atoms with Crippen LogP contribution in [0.4, 0.5) is 10.5 Å². The van der Waals surface area contributed by atoms with Gasteiger partial charge in [0.1, 0.15) is 17.9 Å². The SMILES string of the molecule is O=C1NC(=O)N(c2ccc(Cl)c(Cl)c2)C(=O)/C1=C/c1ccccc1OCc1ccc(Cl)c(Cl)c1. The van der Waals surface area contributed by atoms with Crippen LogP contribution in [0.15, 0.2) is 66.2 Å². The first kappa shape index (κ1) is 24.1. The van der Waals surface area contributed by atoms with E-state index in [1.807, 2.05) is 0 Å². The highest BCUT2D eigenvalue weighted by molar-refractivity contribution is 6.43. The van der Waals surface area contributed by atoms with Crippen molar-refractivity contribution in [2.45, 2.75) is 6.61 Å². The van der Waals surface area contributed by atoms with Crippen molar-refractivity contribution in [3.05, 3.63) is 97.5 Å². The van der Waals surface area contributed by atoms with Crippen molar-refractivity contribution in [1.29, 1.82) is 0 Å². The minimum atomic E-state index is -0.894. The van der Waals surface area contributed by atoms with E-state index >= 15 is 0 Å². The molecule has 3 aromatic rings. The molecule has 4 amide bonds. The van der Waals surface area contributed by atoms with Gasteiger partial charge >= 0.3 is 6.03 Å². The third-order valence-corrected chi connectivity index (χ3v) is 6.34. The topological polar surface area (TPSA) is 75.7 Å². The Bertz CT molecular complexity index is 1360. The van der Waals surface area contributed by atoms with E-state index in [9.17, 15) is 14.4 Å². The molecule has 0 bridgehead atoms. The summed E-state index contributed by atoms with van der Waals surface area (Å²) < 4.78 is 5.89. The van der Waals surface area contributed by atoms with Gasteiger partial charge in [-0.2, -0.15) is 0 Å². The number of nitrogens with one attached hydrogen (secondary N) is 1. The molecular formula is C24H14Cl4N2O4. The van der Waals surface area contributed by atoms with Crippen LogP contribution in [0.5, 0.6) is 5.75 Å². The number of nitrogens with zero attached hydrogens (tertiary/aromatic N) is 1. The molecule has 4 rings (SSSR count). The number of amides is 4. The maximum atomic E-state index is 13.1. The van der Waals surface area contributed by atoms with Crippen LogP contribution in [0.3, 0.4) is 0 Å². The third-order valence-electron chi connectivity index (χ3n) is 4.86. The van der Waals surface area contributed by atoms with Gasteiger partial charge in [-0.15, -0.1) is 0 Å². The van der Waals surface area contributed by atoms with Crippen LogP contribution in [0.2, 0.25) is 20.1 Å². The second-order valence-corrected chi connectivity index (χ2v) is 8.76. The van der Waals surface area contributed by atoms with E-state index in [-0.39, 0.29) is 27.9 Å². The molecule has 0 saturated carbocycles. The summed E-state index contributed by atoms with van der Waals surface area (Å²) in [5.41, 5.74) is 1.15. The third kappa shape index (κ3) is 5.05. The minimum absolute atomic E-state index is 0.156. The fraction of sp³-hybridized carbons (Fsp3) is 0.0417. The quantitative estimate of drug-likeness (QED) is 0.297. The van der Waals surface area contributed by atoms with Gasteiger partial charge < -0.3 is 4.74 Å². The predicted molar refractivity (Wildman–Crippen MR) is 133 cm³/mol. The fourth-order valence-electron chi connectivity index (χ4n) is 3.19. The zero-order valence-corrected chi connectivity index (χ0v) is 20.2. The van der Waals surface area contributed by atoms with Gasteiger partial charge in [-0.25, -0.2) is 9.69 Å². The van der Waals surface area contributed by atoms with Gasteiger partial charge in [0.05, 0.1) is 25.8 Å². The predicted octanol–water partition coefficient (Wildman–Crippen LogP) is 6.55. The Kier molecular flexibility index (Phi) is 7.14. The Morgan fingerprint density at radius 2 is 1.50 bits per heavy atom. The van der Waals surface area contributed by atoms with Crippen molar-refractivity contribution >= 4 is 76.0 Å². The van der Waals surface area contributed by atoms with Gasteiger partial charge in [0.25, 0.3) is 11.8 Å². The molecule has 6 nitrogen and oxygen atoms in total. The average molecular weight is 536 g/mol. The van der Waals surface area contributed by atoms with Crippen LogP contribution in [0.1, 0.15) is 11.1 Å². The van der Waals surface area contributed by atoms with Crippen molar-refractivity contribution in [2.75, 3.05) is 4.90 Å². The summed E-state index contributed by atoms with van der Waals surface area (Å²) in [6.45, 7) is 0.172. The Labute approximate surface area is 214 Å². The van der Waals surface area contributed by atoms with E-state index in [0.717, 1.165) is 10.5 Å². The number of imide groups is 2. The summed E-state index contributed by atoms with van der Waals surface area (Å²) in [6.07, 6.45) is 1.36. The molecule has 3 aromatic carbocycles. The van der Waals surface area contributed by atoms with Crippen LogP contribution in [-0.4, -0.2) is 17.8 Å². The first-order chi connectivity index (χ1) is 16.2. The standard InChI is InChI=1S/C24H14Cl4N2O4/c25-17-7-5-13(9-19(17)27)12-34-21-4-2-1-3-14(21)10-16-22(31)29-24(33)30(23(16)32)15-6-8-18(26)20(28)11-15/h1-11H,12H2,(H,29,31,33)/b16-10+. The maximum absolute atomic E-state index is 13.1. The fourth-order valence-corrected chi connectivity index (χ4v) is 3.81. The van der Waals surface area contributed by atoms with Gasteiger partial charge in [0.2, 0.25) is 0 Å². The monoisotopic (exact) mass is 534 g/mol. The van der Waals surface area contributed by atoms with Crippen LogP contribution < -0.4 is 15.0 Å². The summed E-state index contributed by atoms with van der Waals surface area (Å²) in [5, 5.41) is 3.41. The largest absolute Gasteiger partial charge is 0.488 e. The highest BCUT2D eigenvalue weighted by Gasteiger charge is 2.37. The number of carbonyl (C=O) groups excluding carboxylic acids is 3. The molecule has 0 atom stereocenters. The lowest BCUT2D eigenvalue weighted by Gasteiger charge is -2.26. The van der Waals surface area contributed by atoms with E-state index in [2.05, 4.69) is 5.32 Å². The van der Waals surface area contributed by atoms with E-state index in [4.69, 9.17) is 51.1 Å². The van der Waals surface area contributed by atoms with Crippen LogP contribution in [-0.2, 0) is 16.2 Å². The first-order valence-corrected chi connectivity index (χ1v) is 11.3. The van der Waals surface area contributed by atoms with Crippen molar-refractivity contribution in [2.24, 2.45) is 0 Å². The number of hydrogen-bond acceptors (Lipinski definition) is 4. The van der Waals surface area contributed by atoms with Gasteiger partial charge in [0, 0.05) is 5.56 Å². The molecule has 0 radical (unpaired) electrons. The zero-order chi connectivity index (χ0) is 24.4. The molecule has 1 heterocycles. The number of halogens is 4. The zero-order valence-electron chi connectivity index (χ0n) is 17.2. The highest BCUT2D eigenvalue weighted by Crippen LogP contribution is 2.30. The molecule has 1 N–H and O–H groups in total. The number of ether oxygens (including phenoxy) is 1. The van der Waals surface area contributed by atoms with Crippen LogP contribution in [0.25, 0.3) is 6.08 Å². The van der Waals surface area contributed by atoms with Crippen LogP contribution in [0, 0.1) is 0 Å². The molecule has 0 aromatic heterocycles. The van der Waals surface area contributed by atoms with Crippen molar-refractivity contribution in [3.63, 3.8) is 0 Å². The molecule has 1 fully saturated rings. The lowest BCUT2D eigenvalue weighted by molar-refractivity contribution is -0.122. The molecule has 1 aliphatic heterocycles. The molecule has 1 saturated heterocycles. The highest BCUT2D eigenvalue weighted by atomic mass is 35.5. The first-order valence-electron chi connectivity index (χ1n) is 9.77. The summed E-state index contributed by atoms with van der Waals surface area (Å²) in [7, 11) is 0. The number of benzene rings is 3. The van der Waals surface area contributed by atoms with Crippen molar-refractivity contribution in [3.8, 4) is 5.75 Å². The lowest BCUT2D eigenvalue weighted by atomic mass is 10.1. The molecular weight excluding hydrogens is 522 g/mol. The summed E-state index contributed by atoms with van der Waals surface area (Å²) in [5.74, 6) is -1.23. The Morgan fingerprint density at radius 3 is 2.21 bits per heavy atom. The number of barbiturate groups is 1. The van der Waals surface area contributed by atoms with Crippen LogP contribution >= 0.6 is 46.4 Å². The molecule has 172 valence electrons. The van der Waals surface area contributed by atoms with Gasteiger partial charge in [-0.05, 0) is 48.0 Å². The molecule has 0 spiro atoms. The summed E-state index contributed by atoms with van der Waals surface area (Å²) >= 11 is 24.0. The number of carbonyl (C=O) groups is 3. The Morgan fingerprint density at radius 1 is 0.824 bits per heavy atom. The van der Waals surface area contributed by atoms with E-state index in [0.29, 0.717) is 21.4 Å². The number of hydrogen-bond donors (Lipinski definition) is 1. The molecule has 1 aliphatic rings. The molecule has 0 unspecified atom stereocenters. The lowest BCUT2D eigenvalue weighted by Crippen LogP contribution is -2.54. The van der Waals surface area contributed by atoms with Crippen molar-refractivity contribution < 1.29 is 19.1 Å². The van der Waals surface area contributed by atoms with Crippen molar-refractivity contribution in [1.82, 2.24) is 5.32 Å². The second-order valence-electron chi connectivity index (χ2n) is 7.13. The van der Waals surface area contributed by atoms with E-state index in [1.165, 1.54) is 24.3 Å². The number of urea groups is 1. The Balaban J connectivity index is 1.64. The Hall–Kier alpha value is -3.03. The molecule has 10 heteroatoms.